The Morgan fingerprint density at radius 1 is 1.14 bits per heavy atom. The van der Waals surface area contributed by atoms with Gasteiger partial charge in [0.2, 0.25) is 17.6 Å². The molecule has 1 saturated carbocycles. The molecule has 3 aromatic heterocycles. The molecule has 1 aliphatic heterocycles. The second kappa shape index (κ2) is 11.0. The molecule has 11 heteroatoms. The van der Waals surface area contributed by atoms with Crippen LogP contribution < -0.4 is 5.32 Å². The van der Waals surface area contributed by atoms with E-state index in [2.05, 4.69) is 25.7 Å². The molecule has 1 N–H and O–H groups in total. The van der Waals surface area contributed by atoms with Gasteiger partial charge in [0.15, 0.2) is 5.76 Å². The third kappa shape index (κ3) is 5.62. The van der Waals surface area contributed by atoms with Crippen LogP contribution in [0.4, 0.5) is 0 Å². The number of carbonyl (C=O) groups excluding carboxylic acids is 2. The molecule has 36 heavy (non-hydrogen) atoms. The van der Waals surface area contributed by atoms with E-state index >= 15 is 0 Å². The van der Waals surface area contributed by atoms with Gasteiger partial charge in [-0.05, 0) is 67.6 Å². The van der Waals surface area contributed by atoms with E-state index in [0.717, 1.165) is 44.3 Å². The van der Waals surface area contributed by atoms with Gasteiger partial charge in [0, 0.05) is 31.6 Å². The lowest BCUT2D eigenvalue weighted by Crippen LogP contribution is -2.49. The topological polar surface area (TPSA) is 128 Å². The first-order chi connectivity index (χ1) is 17.6. The van der Waals surface area contributed by atoms with Gasteiger partial charge in [0.1, 0.15) is 18.3 Å². The highest BCUT2D eigenvalue weighted by atomic mass is 16.5. The Morgan fingerprint density at radius 2 is 1.94 bits per heavy atom. The predicted molar refractivity (Wildman–Crippen MR) is 128 cm³/mol. The minimum atomic E-state index is -0.819. The average Bonchev–Trinajstić information content (AvgIpc) is 3.68. The van der Waals surface area contributed by atoms with Gasteiger partial charge < -0.3 is 19.4 Å². The van der Waals surface area contributed by atoms with Crippen LogP contribution in [0.2, 0.25) is 0 Å². The second-order valence-corrected chi connectivity index (χ2v) is 9.41. The number of aryl methyl sites for hydroxylation is 1. The average molecular weight is 494 g/mol. The second-order valence-electron chi connectivity index (χ2n) is 9.41. The Hall–Kier alpha value is -3.60. The van der Waals surface area contributed by atoms with Crippen LogP contribution in [0.5, 0.6) is 0 Å². The molecule has 1 aliphatic carbocycles. The summed E-state index contributed by atoms with van der Waals surface area (Å²) in [5.41, 5.74) is 0.699. The van der Waals surface area contributed by atoms with Crippen molar-refractivity contribution in [2.45, 2.75) is 70.2 Å². The van der Waals surface area contributed by atoms with Gasteiger partial charge in [-0.1, -0.05) is 12.8 Å². The van der Waals surface area contributed by atoms with Crippen molar-refractivity contribution in [3.8, 4) is 11.6 Å². The third-order valence-electron chi connectivity index (χ3n) is 6.72. The predicted octanol–water partition coefficient (Wildman–Crippen LogP) is 2.44. The molecule has 2 atom stereocenters. The summed E-state index contributed by atoms with van der Waals surface area (Å²) in [5, 5.41) is 15.6. The number of furan rings is 1. The van der Waals surface area contributed by atoms with E-state index in [1.165, 1.54) is 4.80 Å². The molecule has 2 amide bonds. The zero-order valence-corrected chi connectivity index (χ0v) is 20.4. The standard InChI is InChI=1S/C25H31N7O4/c1-17-8-9-21(36-17)24-28-30-32(29-24)16-22(33)31(15-20-7-4-14-35-20)23(18-10-12-26-13-11-18)25(34)27-19-5-2-3-6-19/h8-13,19-20,23H,2-7,14-16H2,1H3,(H,27,34)/t20-,23+/m0/s1. The van der Waals surface area contributed by atoms with Crippen LogP contribution in [0.25, 0.3) is 11.6 Å². The molecule has 190 valence electrons. The lowest BCUT2D eigenvalue weighted by molar-refractivity contribution is -0.143. The maximum absolute atomic E-state index is 13.7. The Kier molecular flexibility index (Phi) is 7.36. The fraction of sp³-hybridized carbons (Fsp3) is 0.520. The Labute approximate surface area is 209 Å². The van der Waals surface area contributed by atoms with Gasteiger partial charge >= 0.3 is 0 Å². The van der Waals surface area contributed by atoms with Gasteiger partial charge in [-0.15, -0.1) is 10.2 Å². The van der Waals surface area contributed by atoms with Crippen LogP contribution in [-0.2, 0) is 20.9 Å². The summed E-state index contributed by atoms with van der Waals surface area (Å²) >= 11 is 0. The zero-order chi connectivity index (χ0) is 24.9. The molecule has 11 nitrogen and oxygen atoms in total. The van der Waals surface area contributed by atoms with Crippen molar-refractivity contribution >= 4 is 11.8 Å². The van der Waals surface area contributed by atoms with E-state index in [1.807, 2.05) is 13.0 Å². The molecule has 0 radical (unpaired) electrons. The number of carbonyl (C=O) groups is 2. The molecule has 0 spiro atoms. The van der Waals surface area contributed by atoms with E-state index in [1.54, 1.807) is 35.5 Å². The van der Waals surface area contributed by atoms with E-state index in [0.29, 0.717) is 30.3 Å². The van der Waals surface area contributed by atoms with Gasteiger partial charge in [0.25, 0.3) is 0 Å². The number of aromatic nitrogens is 5. The number of amides is 2. The summed E-state index contributed by atoms with van der Waals surface area (Å²) < 4.78 is 11.4. The van der Waals surface area contributed by atoms with E-state index < -0.39 is 6.04 Å². The summed E-state index contributed by atoms with van der Waals surface area (Å²) in [5.74, 6) is 1.01. The summed E-state index contributed by atoms with van der Waals surface area (Å²) in [4.78, 5) is 34.3. The molecule has 0 unspecified atom stereocenters. The molecule has 2 fully saturated rings. The molecule has 1 saturated heterocycles. The Morgan fingerprint density at radius 3 is 2.64 bits per heavy atom. The van der Waals surface area contributed by atoms with Crippen LogP contribution in [0, 0.1) is 6.92 Å². The monoisotopic (exact) mass is 493 g/mol. The summed E-state index contributed by atoms with van der Waals surface area (Å²) in [6.07, 6.45) is 8.99. The van der Waals surface area contributed by atoms with Crippen molar-refractivity contribution in [3.63, 3.8) is 0 Å². The zero-order valence-electron chi connectivity index (χ0n) is 20.4. The Balaban J connectivity index is 1.41. The number of tetrazole rings is 1. The van der Waals surface area contributed by atoms with Crippen LogP contribution in [-0.4, -0.2) is 67.2 Å². The summed E-state index contributed by atoms with van der Waals surface area (Å²) in [6, 6.07) is 6.43. The van der Waals surface area contributed by atoms with Gasteiger partial charge in [-0.25, -0.2) is 0 Å². The number of nitrogens with zero attached hydrogens (tertiary/aromatic N) is 6. The first-order valence-corrected chi connectivity index (χ1v) is 12.5. The van der Waals surface area contributed by atoms with Gasteiger partial charge in [0.05, 0.1) is 6.10 Å². The maximum atomic E-state index is 13.7. The number of hydrogen-bond donors (Lipinski definition) is 1. The maximum Gasteiger partial charge on any atom is 0.247 e. The van der Waals surface area contributed by atoms with Crippen molar-refractivity contribution < 1.29 is 18.7 Å². The van der Waals surface area contributed by atoms with Crippen molar-refractivity contribution in [1.82, 2.24) is 35.4 Å². The molecular formula is C25H31N7O4. The molecule has 2 aliphatic rings. The van der Waals surface area contributed by atoms with Crippen molar-refractivity contribution in [2.24, 2.45) is 0 Å². The highest BCUT2D eigenvalue weighted by Gasteiger charge is 2.35. The van der Waals surface area contributed by atoms with E-state index in [-0.39, 0.29) is 30.5 Å². The van der Waals surface area contributed by atoms with Crippen molar-refractivity contribution in [1.29, 1.82) is 0 Å². The number of rotatable bonds is 9. The molecule has 0 bridgehead atoms. The van der Waals surface area contributed by atoms with Crippen LogP contribution >= 0.6 is 0 Å². The minimum Gasteiger partial charge on any atom is -0.458 e. The fourth-order valence-corrected chi connectivity index (χ4v) is 4.90. The van der Waals surface area contributed by atoms with Gasteiger partial charge in [-0.2, -0.15) is 4.80 Å². The van der Waals surface area contributed by atoms with E-state index in [4.69, 9.17) is 9.15 Å². The highest BCUT2D eigenvalue weighted by Crippen LogP contribution is 2.26. The normalized spacial score (nSPS) is 18.9. The van der Waals surface area contributed by atoms with Gasteiger partial charge in [-0.3, -0.25) is 14.6 Å². The van der Waals surface area contributed by atoms with Crippen LogP contribution in [0.15, 0.2) is 41.1 Å². The lowest BCUT2D eigenvalue weighted by atomic mass is 10.0. The molecule has 3 aromatic rings. The smallest absolute Gasteiger partial charge is 0.247 e. The molecule has 0 aromatic carbocycles. The highest BCUT2D eigenvalue weighted by molar-refractivity contribution is 5.89. The largest absolute Gasteiger partial charge is 0.458 e. The fourth-order valence-electron chi connectivity index (χ4n) is 4.90. The van der Waals surface area contributed by atoms with E-state index in [9.17, 15) is 9.59 Å². The lowest BCUT2D eigenvalue weighted by Gasteiger charge is -2.33. The number of pyridine rings is 1. The molecular weight excluding hydrogens is 462 g/mol. The summed E-state index contributed by atoms with van der Waals surface area (Å²) in [7, 11) is 0. The molecule has 5 rings (SSSR count). The number of ether oxygens (including phenoxy) is 1. The van der Waals surface area contributed by atoms with Crippen LogP contribution in [0.1, 0.15) is 55.9 Å². The van der Waals surface area contributed by atoms with Crippen molar-refractivity contribution in [2.75, 3.05) is 13.2 Å². The first-order valence-electron chi connectivity index (χ1n) is 12.5. The summed E-state index contributed by atoms with van der Waals surface area (Å²) in [6.45, 7) is 2.61. The number of hydrogen-bond acceptors (Lipinski definition) is 8. The third-order valence-corrected chi connectivity index (χ3v) is 6.72. The quantitative estimate of drug-likeness (QED) is 0.481. The minimum absolute atomic E-state index is 0.123. The number of nitrogens with one attached hydrogen (secondary N) is 1. The van der Waals surface area contributed by atoms with Crippen LogP contribution in [0.3, 0.4) is 0 Å². The Bertz CT molecular complexity index is 1170. The molecule has 4 heterocycles. The first kappa shape index (κ1) is 24.1. The van der Waals surface area contributed by atoms with Crippen molar-refractivity contribution in [3.05, 3.63) is 48.0 Å². The SMILES string of the molecule is Cc1ccc(-c2nnn(CC(=O)N(C[C@@H]3CCCO3)[C@@H](C(=O)NC3CCCC3)c3ccncc3)n2)o1.